The Hall–Kier alpha value is -2.33. The van der Waals surface area contributed by atoms with Crippen molar-refractivity contribution >= 4 is 11.3 Å². The molecule has 0 atom stereocenters. The smallest absolute Gasteiger partial charge is 0.137 e. The zero-order valence-corrected chi connectivity index (χ0v) is 14.1. The molecule has 4 heteroatoms. The molecule has 0 spiro atoms. The lowest BCUT2D eigenvalue weighted by atomic mass is 10.1. The number of aromatic nitrogens is 2. The molecule has 120 valence electrons. The van der Waals surface area contributed by atoms with E-state index in [2.05, 4.69) is 54.3 Å². The molecule has 0 aliphatic rings. The van der Waals surface area contributed by atoms with Crippen LogP contribution in [0.15, 0.2) is 42.6 Å². The Kier molecular flexibility index (Phi) is 4.35. The highest BCUT2D eigenvalue weighted by atomic mass is 15.1. The Labute approximate surface area is 137 Å². The molecule has 0 radical (unpaired) electrons. The summed E-state index contributed by atoms with van der Waals surface area (Å²) in [6.45, 7) is 9.36. The van der Waals surface area contributed by atoms with Crippen LogP contribution in [-0.2, 0) is 6.54 Å². The predicted octanol–water partition coefficient (Wildman–Crippen LogP) is 3.73. The van der Waals surface area contributed by atoms with E-state index >= 15 is 0 Å². The van der Waals surface area contributed by atoms with Gasteiger partial charge >= 0.3 is 0 Å². The highest BCUT2D eigenvalue weighted by molar-refractivity contribution is 5.67. The minimum absolute atomic E-state index is 0.756. The molecule has 0 saturated carbocycles. The largest absolute Gasteiger partial charge is 0.398 e. The summed E-state index contributed by atoms with van der Waals surface area (Å²) in [4.78, 5) is 7.25. The van der Waals surface area contributed by atoms with Crippen LogP contribution in [0.25, 0.3) is 16.9 Å². The molecule has 2 heterocycles. The molecule has 2 N–H and O–H groups in total. The second-order valence-corrected chi connectivity index (χ2v) is 5.93. The van der Waals surface area contributed by atoms with Crippen LogP contribution in [0.4, 0.5) is 5.69 Å². The number of fused-ring (bicyclic) bond motifs is 1. The first-order valence-electron chi connectivity index (χ1n) is 8.18. The number of hydrogen-bond donors (Lipinski definition) is 1. The summed E-state index contributed by atoms with van der Waals surface area (Å²) in [6, 6.07) is 12.4. The van der Waals surface area contributed by atoms with Crippen molar-refractivity contribution in [3.63, 3.8) is 0 Å². The zero-order valence-electron chi connectivity index (χ0n) is 14.1. The normalized spacial score (nSPS) is 11.5. The average molecular weight is 308 g/mol. The van der Waals surface area contributed by atoms with E-state index in [9.17, 15) is 0 Å². The molecular formula is C19H24N4. The van der Waals surface area contributed by atoms with Crippen LogP contribution in [0.3, 0.4) is 0 Å². The number of rotatable bonds is 5. The van der Waals surface area contributed by atoms with Gasteiger partial charge in [-0.3, -0.25) is 4.90 Å². The molecule has 0 aliphatic heterocycles. The number of hydrogen-bond acceptors (Lipinski definition) is 3. The van der Waals surface area contributed by atoms with Gasteiger partial charge in [0.15, 0.2) is 0 Å². The lowest BCUT2D eigenvalue weighted by Gasteiger charge is -2.18. The maximum atomic E-state index is 5.99. The van der Waals surface area contributed by atoms with Crippen LogP contribution >= 0.6 is 0 Å². The van der Waals surface area contributed by atoms with Gasteiger partial charge in [-0.25, -0.2) is 4.98 Å². The maximum Gasteiger partial charge on any atom is 0.137 e. The zero-order chi connectivity index (χ0) is 16.4. The summed E-state index contributed by atoms with van der Waals surface area (Å²) in [5, 5.41) is 0. The first-order valence-corrected chi connectivity index (χ1v) is 8.18. The SMILES string of the molecule is CCN(CC)Cc1c(-c2ccc(C)cc2)nc2ccc(N)cn12. The van der Waals surface area contributed by atoms with Gasteiger partial charge in [0.2, 0.25) is 0 Å². The summed E-state index contributed by atoms with van der Waals surface area (Å²) in [5.41, 5.74) is 12.3. The van der Waals surface area contributed by atoms with E-state index in [1.54, 1.807) is 0 Å². The van der Waals surface area contributed by atoms with Crippen molar-refractivity contribution in [1.29, 1.82) is 0 Å². The van der Waals surface area contributed by atoms with Crippen molar-refractivity contribution in [2.75, 3.05) is 18.8 Å². The van der Waals surface area contributed by atoms with Gasteiger partial charge in [0, 0.05) is 24.0 Å². The fourth-order valence-electron chi connectivity index (χ4n) is 2.86. The number of aryl methyl sites for hydroxylation is 1. The molecule has 0 aliphatic carbocycles. The van der Waals surface area contributed by atoms with Gasteiger partial charge in [0.1, 0.15) is 5.65 Å². The maximum absolute atomic E-state index is 5.99. The van der Waals surface area contributed by atoms with Crippen LogP contribution in [0.5, 0.6) is 0 Å². The second-order valence-electron chi connectivity index (χ2n) is 5.93. The molecule has 4 nitrogen and oxygen atoms in total. The molecule has 2 aromatic heterocycles. The van der Waals surface area contributed by atoms with Crippen molar-refractivity contribution in [1.82, 2.24) is 14.3 Å². The second kappa shape index (κ2) is 6.42. The van der Waals surface area contributed by atoms with E-state index in [-0.39, 0.29) is 0 Å². The monoisotopic (exact) mass is 308 g/mol. The fourth-order valence-corrected chi connectivity index (χ4v) is 2.86. The summed E-state index contributed by atoms with van der Waals surface area (Å²) in [6.07, 6.45) is 1.97. The molecule has 0 saturated heterocycles. The number of imidazole rings is 1. The van der Waals surface area contributed by atoms with E-state index in [4.69, 9.17) is 10.7 Å². The minimum Gasteiger partial charge on any atom is -0.398 e. The third-order valence-corrected chi connectivity index (χ3v) is 4.33. The lowest BCUT2D eigenvalue weighted by molar-refractivity contribution is 0.292. The van der Waals surface area contributed by atoms with E-state index < -0.39 is 0 Å². The predicted molar refractivity (Wildman–Crippen MR) is 96.4 cm³/mol. The third kappa shape index (κ3) is 3.08. The van der Waals surface area contributed by atoms with Crippen molar-refractivity contribution < 1.29 is 0 Å². The fraction of sp³-hybridized carbons (Fsp3) is 0.316. The number of nitrogen functional groups attached to an aromatic ring is 1. The van der Waals surface area contributed by atoms with Gasteiger partial charge < -0.3 is 10.1 Å². The highest BCUT2D eigenvalue weighted by Crippen LogP contribution is 2.26. The third-order valence-electron chi connectivity index (χ3n) is 4.33. The molecule has 23 heavy (non-hydrogen) atoms. The lowest BCUT2D eigenvalue weighted by Crippen LogP contribution is -2.23. The molecule has 0 fully saturated rings. The summed E-state index contributed by atoms with van der Waals surface area (Å²) in [5.74, 6) is 0. The Bertz CT molecular complexity index is 798. The van der Waals surface area contributed by atoms with Crippen molar-refractivity contribution in [2.45, 2.75) is 27.3 Å². The number of nitrogens with two attached hydrogens (primary N) is 1. The van der Waals surface area contributed by atoms with Gasteiger partial charge in [-0.2, -0.15) is 0 Å². The number of nitrogens with zero attached hydrogens (tertiary/aromatic N) is 3. The van der Waals surface area contributed by atoms with Crippen LogP contribution in [0.2, 0.25) is 0 Å². The Morgan fingerprint density at radius 1 is 1.04 bits per heavy atom. The van der Waals surface area contributed by atoms with E-state index in [1.807, 2.05) is 18.3 Å². The minimum atomic E-state index is 0.756. The van der Waals surface area contributed by atoms with Crippen molar-refractivity contribution in [3.05, 3.63) is 53.9 Å². The molecule has 0 amide bonds. The molecule has 3 aromatic rings. The Morgan fingerprint density at radius 2 is 1.74 bits per heavy atom. The van der Waals surface area contributed by atoms with Gasteiger partial charge in [0.05, 0.1) is 11.4 Å². The number of benzene rings is 1. The van der Waals surface area contributed by atoms with E-state index in [0.717, 1.165) is 42.2 Å². The van der Waals surface area contributed by atoms with Gasteiger partial charge in [0.25, 0.3) is 0 Å². The Balaban J connectivity index is 2.17. The first kappa shape index (κ1) is 15.6. The average Bonchev–Trinajstić information content (AvgIpc) is 2.91. The number of anilines is 1. The molecular weight excluding hydrogens is 284 g/mol. The summed E-state index contributed by atoms with van der Waals surface area (Å²) >= 11 is 0. The molecule has 0 bridgehead atoms. The highest BCUT2D eigenvalue weighted by Gasteiger charge is 2.16. The molecule has 0 unspecified atom stereocenters. The van der Waals surface area contributed by atoms with Crippen LogP contribution in [0.1, 0.15) is 25.1 Å². The van der Waals surface area contributed by atoms with Crippen LogP contribution in [-0.4, -0.2) is 27.4 Å². The topological polar surface area (TPSA) is 46.6 Å². The number of pyridine rings is 1. The van der Waals surface area contributed by atoms with E-state index in [1.165, 1.54) is 11.3 Å². The first-order chi connectivity index (χ1) is 11.1. The molecule has 3 rings (SSSR count). The molecule has 1 aromatic carbocycles. The van der Waals surface area contributed by atoms with Crippen LogP contribution < -0.4 is 5.73 Å². The summed E-state index contributed by atoms with van der Waals surface area (Å²) < 4.78 is 2.13. The van der Waals surface area contributed by atoms with Gasteiger partial charge in [-0.15, -0.1) is 0 Å². The summed E-state index contributed by atoms with van der Waals surface area (Å²) in [7, 11) is 0. The van der Waals surface area contributed by atoms with Gasteiger partial charge in [-0.1, -0.05) is 43.7 Å². The standard InChI is InChI=1S/C19H24N4/c1-4-22(5-2)13-17-19(15-8-6-14(3)7-9-15)21-18-11-10-16(20)12-23(17)18/h6-12H,4-5,13,20H2,1-3H3. The van der Waals surface area contributed by atoms with Crippen molar-refractivity contribution in [3.8, 4) is 11.3 Å². The quantitative estimate of drug-likeness (QED) is 0.781. The Morgan fingerprint density at radius 3 is 2.39 bits per heavy atom. The van der Waals surface area contributed by atoms with Crippen molar-refractivity contribution in [2.24, 2.45) is 0 Å². The van der Waals surface area contributed by atoms with Crippen LogP contribution in [0, 0.1) is 6.92 Å². The van der Waals surface area contributed by atoms with E-state index in [0.29, 0.717) is 0 Å². The van der Waals surface area contributed by atoms with Gasteiger partial charge in [-0.05, 0) is 32.1 Å².